The first-order chi connectivity index (χ1) is 9.66. The Morgan fingerprint density at radius 1 is 1.40 bits per heavy atom. The first kappa shape index (κ1) is 15.4. The minimum atomic E-state index is -0.596. The second-order valence-electron chi connectivity index (χ2n) is 4.01. The van der Waals surface area contributed by atoms with Crippen molar-refractivity contribution in [2.75, 3.05) is 12.3 Å². The summed E-state index contributed by atoms with van der Waals surface area (Å²) >= 11 is 9.09. The van der Waals surface area contributed by atoms with Gasteiger partial charge < -0.3 is 5.32 Å². The van der Waals surface area contributed by atoms with Crippen molar-refractivity contribution in [2.24, 2.45) is 0 Å². The fourth-order valence-corrected chi connectivity index (χ4v) is 3.43. The van der Waals surface area contributed by atoms with Crippen molar-refractivity contribution in [3.63, 3.8) is 0 Å². The van der Waals surface area contributed by atoms with Gasteiger partial charge in [-0.25, -0.2) is 4.39 Å². The average Bonchev–Trinajstić information content (AvgIpc) is 2.91. The Labute approximate surface area is 130 Å². The maximum absolute atomic E-state index is 13.5. The summed E-state index contributed by atoms with van der Waals surface area (Å²) in [6.07, 6.45) is 0. The van der Waals surface area contributed by atoms with E-state index in [1.165, 1.54) is 17.0 Å². The average molecular weight is 330 g/mol. The molecule has 1 heterocycles. The van der Waals surface area contributed by atoms with Crippen LogP contribution in [0.3, 0.4) is 0 Å². The molecule has 2 nitrogen and oxygen atoms in total. The summed E-state index contributed by atoms with van der Waals surface area (Å²) in [5, 5.41) is 5.03. The SMILES string of the molecule is O=C(NCCSCc1cccs1)c1ccc(Cl)cc1F. The highest BCUT2D eigenvalue weighted by atomic mass is 35.5. The smallest absolute Gasteiger partial charge is 0.254 e. The Balaban J connectivity index is 1.72. The van der Waals surface area contributed by atoms with Gasteiger partial charge in [-0.05, 0) is 29.6 Å². The molecule has 1 N–H and O–H groups in total. The number of amides is 1. The molecule has 0 aliphatic heterocycles. The molecule has 6 heteroatoms. The number of thioether (sulfide) groups is 1. The molecule has 0 saturated carbocycles. The van der Waals surface area contributed by atoms with Gasteiger partial charge >= 0.3 is 0 Å². The van der Waals surface area contributed by atoms with E-state index in [4.69, 9.17) is 11.6 Å². The Morgan fingerprint density at radius 3 is 2.95 bits per heavy atom. The third-order valence-corrected chi connectivity index (χ3v) is 4.83. The van der Waals surface area contributed by atoms with Gasteiger partial charge in [-0.2, -0.15) is 11.8 Å². The van der Waals surface area contributed by atoms with Gasteiger partial charge in [-0.1, -0.05) is 17.7 Å². The van der Waals surface area contributed by atoms with E-state index in [9.17, 15) is 9.18 Å². The highest BCUT2D eigenvalue weighted by Gasteiger charge is 2.11. The molecular weight excluding hydrogens is 317 g/mol. The first-order valence-corrected chi connectivity index (χ1v) is 8.41. The van der Waals surface area contributed by atoms with Crippen LogP contribution in [0.5, 0.6) is 0 Å². The number of carbonyl (C=O) groups is 1. The van der Waals surface area contributed by atoms with Crippen LogP contribution in [0.1, 0.15) is 15.2 Å². The number of thiophene rings is 1. The largest absolute Gasteiger partial charge is 0.351 e. The summed E-state index contributed by atoms with van der Waals surface area (Å²) in [6.45, 7) is 0.511. The summed E-state index contributed by atoms with van der Waals surface area (Å²) in [5.74, 6) is 0.721. The van der Waals surface area contributed by atoms with Crippen molar-refractivity contribution in [2.45, 2.75) is 5.75 Å². The van der Waals surface area contributed by atoms with Crippen LogP contribution in [0.25, 0.3) is 0 Å². The van der Waals surface area contributed by atoms with Crippen LogP contribution < -0.4 is 5.32 Å². The molecule has 0 aliphatic rings. The van der Waals surface area contributed by atoms with E-state index in [1.54, 1.807) is 23.1 Å². The third-order valence-electron chi connectivity index (χ3n) is 2.53. The van der Waals surface area contributed by atoms with Crippen LogP contribution in [0.4, 0.5) is 4.39 Å². The highest BCUT2D eigenvalue weighted by Crippen LogP contribution is 2.17. The molecule has 1 amide bonds. The number of rotatable bonds is 6. The van der Waals surface area contributed by atoms with Crippen molar-refractivity contribution in [1.82, 2.24) is 5.32 Å². The summed E-state index contributed by atoms with van der Waals surface area (Å²) < 4.78 is 13.5. The predicted molar refractivity (Wildman–Crippen MR) is 84.2 cm³/mol. The predicted octanol–water partition coefficient (Wildman–Crippen LogP) is 4.20. The number of benzene rings is 1. The van der Waals surface area contributed by atoms with Crippen molar-refractivity contribution in [1.29, 1.82) is 0 Å². The molecule has 0 bridgehead atoms. The zero-order valence-electron chi connectivity index (χ0n) is 10.6. The molecule has 0 aliphatic carbocycles. The lowest BCUT2D eigenvalue weighted by atomic mass is 10.2. The van der Waals surface area contributed by atoms with Gasteiger partial charge in [0.2, 0.25) is 0 Å². The zero-order chi connectivity index (χ0) is 14.4. The van der Waals surface area contributed by atoms with Gasteiger partial charge in [-0.3, -0.25) is 4.79 Å². The fraction of sp³-hybridized carbons (Fsp3) is 0.214. The van der Waals surface area contributed by atoms with Gasteiger partial charge in [0.05, 0.1) is 5.56 Å². The second kappa shape index (κ2) is 7.67. The number of carbonyl (C=O) groups excluding carboxylic acids is 1. The molecule has 1 aromatic heterocycles. The van der Waals surface area contributed by atoms with Crippen molar-refractivity contribution in [3.05, 3.63) is 57.0 Å². The molecule has 0 unspecified atom stereocenters. The lowest BCUT2D eigenvalue weighted by molar-refractivity contribution is 0.0952. The van der Waals surface area contributed by atoms with Gasteiger partial charge in [-0.15, -0.1) is 11.3 Å². The molecule has 0 radical (unpaired) electrons. The van der Waals surface area contributed by atoms with E-state index in [0.717, 1.165) is 17.6 Å². The van der Waals surface area contributed by atoms with E-state index >= 15 is 0 Å². The Kier molecular flexibility index (Phi) is 5.88. The zero-order valence-corrected chi connectivity index (χ0v) is 13.0. The standard InChI is InChI=1S/C14H13ClFNOS2/c15-10-3-4-12(13(16)8-10)14(18)17-5-7-19-9-11-2-1-6-20-11/h1-4,6,8H,5,7,9H2,(H,17,18). The molecule has 0 spiro atoms. The second-order valence-corrected chi connectivity index (χ2v) is 6.59. The Hall–Kier alpha value is -1.04. The third kappa shape index (κ3) is 4.51. The van der Waals surface area contributed by atoms with Crippen molar-refractivity contribution in [3.8, 4) is 0 Å². The molecule has 106 valence electrons. The fourth-order valence-electron chi connectivity index (χ4n) is 1.57. The number of hydrogen-bond donors (Lipinski definition) is 1. The topological polar surface area (TPSA) is 29.1 Å². The van der Waals surface area contributed by atoms with Crippen molar-refractivity contribution < 1.29 is 9.18 Å². The Morgan fingerprint density at radius 2 is 2.25 bits per heavy atom. The quantitative estimate of drug-likeness (QED) is 0.805. The van der Waals surface area contributed by atoms with Crippen LogP contribution >= 0.6 is 34.7 Å². The summed E-state index contributed by atoms with van der Waals surface area (Å²) in [7, 11) is 0. The molecule has 0 atom stereocenters. The van der Waals surface area contributed by atoms with Gasteiger partial charge in [0.1, 0.15) is 5.82 Å². The molecule has 0 fully saturated rings. The van der Waals surface area contributed by atoms with Gasteiger partial charge in [0.25, 0.3) is 5.91 Å². The van der Waals surface area contributed by atoms with E-state index in [0.29, 0.717) is 6.54 Å². The van der Waals surface area contributed by atoms with E-state index < -0.39 is 11.7 Å². The van der Waals surface area contributed by atoms with Gasteiger partial charge in [0.15, 0.2) is 0 Å². The molecule has 20 heavy (non-hydrogen) atoms. The molecule has 2 aromatic rings. The first-order valence-electron chi connectivity index (χ1n) is 6.00. The molecule has 1 aromatic carbocycles. The lowest BCUT2D eigenvalue weighted by Crippen LogP contribution is -2.26. The van der Waals surface area contributed by atoms with E-state index in [1.807, 2.05) is 11.4 Å². The summed E-state index contributed by atoms with van der Waals surface area (Å²) in [6, 6.07) is 8.14. The number of hydrogen-bond acceptors (Lipinski definition) is 3. The highest BCUT2D eigenvalue weighted by molar-refractivity contribution is 7.98. The van der Waals surface area contributed by atoms with E-state index in [2.05, 4.69) is 11.4 Å². The number of halogens is 2. The monoisotopic (exact) mass is 329 g/mol. The summed E-state index contributed by atoms with van der Waals surface area (Å²) in [4.78, 5) is 13.1. The molecule has 0 saturated heterocycles. The summed E-state index contributed by atoms with van der Waals surface area (Å²) in [5.41, 5.74) is 0.0256. The lowest BCUT2D eigenvalue weighted by Gasteiger charge is -2.06. The normalized spacial score (nSPS) is 10.5. The van der Waals surface area contributed by atoms with Crippen molar-refractivity contribution >= 4 is 40.6 Å². The minimum absolute atomic E-state index is 0.0256. The van der Waals surface area contributed by atoms with Crippen LogP contribution in [0.15, 0.2) is 35.7 Å². The maximum Gasteiger partial charge on any atom is 0.254 e. The minimum Gasteiger partial charge on any atom is -0.351 e. The Bertz CT molecular complexity index is 575. The van der Waals surface area contributed by atoms with Crippen LogP contribution in [0, 0.1) is 5.82 Å². The molecular formula is C14H13ClFNOS2. The van der Waals surface area contributed by atoms with Crippen LogP contribution in [-0.2, 0) is 5.75 Å². The van der Waals surface area contributed by atoms with Crippen LogP contribution in [0.2, 0.25) is 5.02 Å². The van der Waals surface area contributed by atoms with Crippen LogP contribution in [-0.4, -0.2) is 18.2 Å². The maximum atomic E-state index is 13.5. The number of nitrogens with one attached hydrogen (secondary N) is 1. The molecule has 2 rings (SSSR count). The van der Waals surface area contributed by atoms with E-state index in [-0.39, 0.29) is 10.6 Å². The van der Waals surface area contributed by atoms with Gasteiger partial charge in [0, 0.05) is 28.0 Å².